The molecule has 52 valence electrons. The average molecular weight is 194 g/mol. The molecule has 1 amide bonds. The van der Waals surface area contributed by atoms with Gasteiger partial charge in [0.1, 0.15) is 6.10 Å². The molecule has 1 heterocycles. The minimum atomic E-state index is -0.314. The van der Waals surface area contributed by atoms with Gasteiger partial charge in [0.25, 0.3) is 0 Å². The van der Waals surface area contributed by atoms with E-state index in [1.807, 2.05) is 6.92 Å². The number of carbonyl (C=O) groups is 1. The van der Waals surface area contributed by atoms with E-state index in [-0.39, 0.29) is 17.0 Å². The SMILES string of the molecule is CC(Br)C1CNC(=O)O1. The molecule has 0 aromatic carbocycles. The Hall–Kier alpha value is -0.250. The highest BCUT2D eigenvalue weighted by Crippen LogP contribution is 2.11. The van der Waals surface area contributed by atoms with Gasteiger partial charge in [-0.2, -0.15) is 0 Å². The lowest BCUT2D eigenvalue weighted by Gasteiger charge is -2.08. The van der Waals surface area contributed by atoms with E-state index in [1.54, 1.807) is 0 Å². The number of hydrogen-bond acceptors (Lipinski definition) is 2. The molecule has 2 unspecified atom stereocenters. The number of nitrogens with one attached hydrogen (secondary N) is 1. The zero-order chi connectivity index (χ0) is 6.85. The van der Waals surface area contributed by atoms with Gasteiger partial charge >= 0.3 is 6.09 Å². The van der Waals surface area contributed by atoms with Gasteiger partial charge in [-0.05, 0) is 6.92 Å². The predicted molar refractivity (Wildman–Crippen MR) is 36.7 cm³/mol. The number of hydrogen-bond donors (Lipinski definition) is 1. The smallest absolute Gasteiger partial charge is 0.407 e. The maximum atomic E-state index is 10.4. The van der Waals surface area contributed by atoms with Crippen molar-refractivity contribution in [1.82, 2.24) is 5.32 Å². The largest absolute Gasteiger partial charge is 0.443 e. The predicted octanol–water partition coefficient (Wildman–Crippen LogP) is 0.878. The minimum Gasteiger partial charge on any atom is -0.443 e. The van der Waals surface area contributed by atoms with Crippen LogP contribution in [-0.2, 0) is 4.74 Å². The van der Waals surface area contributed by atoms with Crippen molar-refractivity contribution in [2.45, 2.75) is 17.9 Å². The number of alkyl carbamates (subject to hydrolysis) is 1. The maximum Gasteiger partial charge on any atom is 0.407 e. The molecule has 0 bridgehead atoms. The summed E-state index contributed by atoms with van der Waals surface area (Å²) in [5, 5.41) is 2.56. The molecule has 0 saturated carbocycles. The third kappa shape index (κ3) is 1.58. The molecule has 0 aromatic rings. The van der Waals surface area contributed by atoms with Crippen molar-refractivity contribution in [3.05, 3.63) is 0 Å². The van der Waals surface area contributed by atoms with Crippen LogP contribution >= 0.6 is 15.9 Å². The second-order valence-corrected chi connectivity index (χ2v) is 3.45. The van der Waals surface area contributed by atoms with Crippen molar-refractivity contribution in [2.75, 3.05) is 6.54 Å². The summed E-state index contributed by atoms with van der Waals surface area (Å²) in [6, 6.07) is 0. The first-order chi connectivity index (χ1) is 4.20. The number of rotatable bonds is 1. The third-order valence-electron chi connectivity index (χ3n) is 1.22. The van der Waals surface area contributed by atoms with Crippen molar-refractivity contribution >= 4 is 22.0 Å². The number of ether oxygens (including phenoxy) is 1. The molecule has 0 aliphatic carbocycles. The Morgan fingerprint density at radius 2 is 2.67 bits per heavy atom. The first kappa shape index (κ1) is 6.86. The monoisotopic (exact) mass is 193 g/mol. The van der Waals surface area contributed by atoms with Gasteiger partial charge in [-0.3, -0.25) is 0 Å². The van der Waals surface area contributed by atoms with Crippen LogP contribution in [0.15, 0.2) is 0 Å². The number of amides is 1. The van der Waals surface area contributed by atoms with E-state index < -0.39 is 0 Å². The fourth-order valence-electron chi connectivity index (χ4n) is 0.661. The Morgan fingerprint density at radius 1 is 2.00 bits per heavy atom. The maximum absolute atomic E-state index is 10.4. The molecule has 1 fully saturated rings. The second-order valence-electron chi connectivity index (χ2n) is 2.00. The number of alkyl halides is 1. The summed E-state index contributed by atoms with van der Waals surface area (Å²) in [5.41, 5.74) is 0. The van der Waals surface area contributed by atoms with E-state index in [4.69, 9.17) is 4.74 Å². The molecule has 0 aromatic heterocycles. The molecule has 1 aliphatic heterocycles. The van der Waals surface area contributed by atoms with Gasteiger partial charge in [-0.25, -0.2) is 4.79 Å². The van der Waals surface area contributed by atoms with Gasteiger partial charge in [0.05, 0.1) is 11.4 Å². The second kappa shape index (κ2) is 2.56. The molecule has 4 heteroatoms. The normalized spacial score (nSPS) is 29.1. The standard InChI is InChI=1S/C5H8BrNO2/c1-3(6)4-2-7-5(8)9-4/h3-4H,2H2,1H3,(H,7,8). The topological polar surface area (TPSA) is 38.3 Å². The Morgan fingerprint density at radius 3 is 2.89 bits per heavy atom. The number of halogens is 1. The summed E-state index contributed by atoms with van der Waals surface area (Å²) < 4.78 is 4.83. The van der Waals surface area contributed by atoms with Crippen LogP contribution < -0.4 is 5.32 Å². The Labute approximate surface area is 61.9 Å². The van der Waals surface area contributed by atoms with Crippen molar-refractivity contribution in [1.29, 1.82) is 0 Å². The molecule has 1 aliphatic rings. The van der Waals surface area contributed by atoms with Crippen LogP contribution in [0.25, 0.3) is 0 Å². The lowest BCUT2D eigenvalue weighted by Crippen LogP contribution is -2.21. The van der Waals surface area contributed by atoms with Gasteiger partial charge in [-0.1, -0.05) is 15.9 Å². The van der Waals surface area contributed by atoms with Crippen LogP contribution in [0.5, 0.6) is 0 Å². The van der Waals surface area contributed by atoms with Gasteiger partial charge < -0.3 is 10.1 Å². The summed E-state index contributed by atoms with van der Waals surface area (Å²) in [4.78, 5) is 10.6. The van der Waals surface area contributed by atoms with Crippen molar-refractivity contribution < 1.29 is 9.53 Å². The summed E-state index contributed by atoms with van der Waals surface area (Å²) in [5.74, 6) is 0. The van der Waals surface area contributed by atoms with Gasteiger partial charge in [0.2, 0.25) is 0 Å². The lowest BCUT2D eigenvalue weighted by molar-refractivity contribution is 0.141. The van der Waals surface area contributed by atoms with Crippen molar-refractivity contribution in [3.8, 4) is 0 Å². The molecule has 1 rings (SSSR count). The Balaban J connectivity index is 2.39. The van der Waals surface area contributed by atoms with E-state index in [1.165, 1.54) is 0 Å². The summed E-state index contributed by atoms with van der Waals surface area (Å²) in [6.07, 6.45) is -0.316. The van der Waals surface area contributed by atoms with Crippen LogP contribution in [0.3, 0.4) is 0 Å². The van der Waals surface area contributed by atoms with E-state index >= 15 is 0 Å². The highest BCUT2D eigenvalue weighted by molar-refractivity contribution is 9.09. The van der Waals surface area contributed by atoms with Crippen molar-refractivity contribution in [3.63, 3.8) is 0 Å². The van der Waals surface area contributed by atoms with Gasteiger partial charge in [0.15, 0.2) is 0 Å². The molecule has 3 nitrogen and oxygen atoms in total. The minimum absolute atomic E-state index is 0.00231. The zero-order valence-corrected chi connectivity index (χ0v) is 6.64. The van der Waals surface area contributed by atoms with Crippen molar-refractivity contribution in [2.24, 2.45) is 0 Å². The fourth-order valence-corrected chi connectivity index (χ4v) is 0.956. The molecule has 9 heavy (non-hydrogen) atoms. The first-order valence-corrected chi connectivity index (χ1v) is 3.70. The molecule has 0 spiro atoms. The molecule has 1 saturated heterocycles. The fraction of sp³-hybridized carbons (Fsp3) is 0.800. The lowest BCUT2D eigenvalue weighted by atomic mass is 10.3. The van der Waals surface area contributed by atoms with Crippen LogP contribution in [0.4, 0.5) is 4.79 Å². The number of cyclic esters (lactones) is 1. The van der Waals surface area contributed by atoms with E-state index in [9.17, 15) is 4.79 Å². The summed E-state index contributed by atoms with van der Waals surface area (Å²) >= 11 is 3.31. The van der Waals surface area contributed by atoms with E-state index in [2.05, 4.69) is 21.2 Å². The average Bonchev–Trinajstić information content (AvgIpc) is 2.14. The van der Waals surface area contributed by atoms with E-state index in [0.29, 0.717) is 6.54 Å². The highest BCUT2D eigenvalue weighted by Gasteiger charge is 2.25. The molecule has 1 N–H and O–H groups in total. The first-order valence-electron chi connectivity index (χ1n) is 2.78. The van der Waals surface area contributed by atoms with Gasteiger partial charge in [-0.15, -0.1) is 0 Å². The molecule has 0 radical (unpaired) electrons. The van der Waals surface area contributed by atoms with Crippen LogP contribution in [0.2, 0.25) is 0 Å². The quantitative estimate of drug-likeness (QED) is 0.629. The molecule has 2 atom stereocenters. The van der Waals surface area contributed by atoms with Crippen LogP contribution in [-0.4, -0.2) is 23.6 Å². The summed E-state index contributed by atoms with van der Waals surface area (Å²) in [6.45, 7) is 2.57. The Bertz CT molecular complexity index is 126. The van der Waals surface area contributed by atoms with Crippen LogP contribution in [0, 0.1) is 0 Å². The van der Waals surface area contributed by atoms with E-state index in [0.717, 1.165) is 0 Å². The highest BCUT2D eigenvalue weighted by atomic mass is 79.9. The number of carbonyl (C=O) groups excluding carboxylic acids is 1. The third-order valence-corrected chi connectivity index (χ3v) is 1.81. The zero-order valence-electron chi connectivity index (χ0n) is 5.06. The molecular formula is C5H8BrNO2. The Kier molecular flexibility index (Phi) is 1.95. The van der Waals surface area contributed by atoms with Gasteiger partial charge in [0, 0.05) is 0 Å². The summed E-state index contributed by atoms with van der Waals surface area (Å²) in [7, 11) is 0. The molecular weight excluding hydrogens is 186 g/mol. The van der Waals surface area contributed by atoms with Crippen LogP contribution in [0.1, 0.15) is 6.92 Å².